The van der Waals surface area contributed by atoms with E-state index >= 15 is 0 Å². The molecule has 4 aromatic rings. The van der Waals surface area contributed by atoms with Gasteiger partial charge in [0.25, 0.3) is 5.91 Å². The van der Waals surface area contributed by atoms with Crippen LogP contribution in [0.2, 0.25) is 0 Å². The van der Waals surface area contributed by atoms with Gasteiger partial charge in [-0.2, -0.15) is 0 Å². The maximum absolute atomic E-state index is 12.7. The van der Waals surface area contributed by atoms with Gasteiger partial charge in [-0.25, -0.2) is 9.97 Å². The molecule has 1 amide bonds. The van der Waals surface area contributed by atoms with Crippen molar-refractivity contribution < 1.29 is 9.53 Å². The Bertz CT molecular complexity index is 1270. The van der Waals surface area contributed by atoms with Gasteiger partial charge in [0, 0.05) is 12.5 Å². The Morgan fingerprint density at radius 2 is 1.94 bits per heavy atom. The van der Waals surface area contributed by atoms with E-state index in [1.165, 1.54) is 5.57 Å². The van der Waals surface area contributed by atoms with Crippen LogP contribution < -0.4 is 5.32 Å². The maximum atomic E-state index is 12.7. The number of nitrogens with zero attached hydrogens (tertiary/aromatic N) is 2. The Hall–Kier alpha value is -3.45. The molecule has 0 spiro atoms. The van der Waals surface area contributed by atoms with Crippen LogP contribution in [0, 0.1) is 0 Å². The molecule has 1 aliphatic carbocycles. The van der Waals surface area contributed by atoms with Gasteiger partial charge >= 0.3 is 0 Å². The summed E-state index contributed by atoms with van der Waals surface area (Å²) in [6, 6.07) is 13.7. The fraction of sp³-hybridized carbons (Fsp3) is 0.292. The molecule has 1 unspecified atom stereocenters. The van der Waals surface area contributed by atoms with Crippen LogP contribution in [0.4, 0.5) is 0 Å². The topological polar surface area (TPSA) is 95.7 Å². The minimum Gasteiger partial charge on any atom is -0.381 e. The van der Waals surface area contributed by atoms with Crippen LogP contribution in [0.3, 0.4) is 0 Å². The van der Waals surface area contributed by atoms with Crippen molar-refractivity contribution in [3.8, 4) is 0 Å². The molecule has 0 saturated carbocycles. The number of fused-ring (bicyclic) bond motifs is 2. The Morgan fingerprint density at radius 1 is 1.16 bits per heavy atom. The number of H-pyrrole nitrogens is 2. The molecule has 2 atom stereocenters. The highest BCUT2D eigenvalue weighted by atomic mass is 16.5. The number of allylic oxidation sites excluding steroid dienone is 1. The Morgan fingerprint density at radius 3 is 2.65 bits per heavy atom. The lowest BCUT2D eigenvalue weighted by molar-refractivity contribution is 0.0930. The number of nitrogens with one attached hydrogen (secondary N) is 3. The van der Waals surface area contributed by atoms with Crippen molar-refractivity contribution in [3.63, 3.8) is 0 Å². The van der Waals surface area contributed by atoms with Gasteiger partial charge in [0.1, 0.15) is 0 Å². The lowest BCUT2D eigenvalue weighted by Crippen LogP contribution is -2.27. The van der Waals surface area contributed by atoms with E-state index in [2.05, 4.69) is 31.6 Å². The van der Waals surface area contributed by atoms with E-state index in [1.807, 2.05) is 49.4 Å². The summed E-state index contributed by atoms with van der Waals surface area (Å²) in [6.07, 6.45) is 5.40. The largest absolute Gasteiger partial charge is 0.381 e. The molecule has 0 fully saturated rings. The average molecular weight is 415 g/mol. The molecule has 158 valence electrons. The van der Waals surface area contributed by atoms with Gasteiger partial charge in [-0.3, -0.25) is 9.89 Å². The van der Waals surface area contributed by atoms with E-state index in [-0.39, 0.29) is 17.8 Å². The molecule has 0 saturated heterocycles. The van der Waals surface area contributed by atoms with Crippen molar-refractivity contribution in [2.75, 3.05) is 7.11 Å². The molecule has 0 bridgehead atoms. The minimum absolute atomic E-state index is 0.125. The molecule has 5 rings (SSSR count). The van der Waals surface area contributed by atoms with Gasteiger partial charge in [0.2, 0.25) is 5.82 Å². The monoisotopic (exact) mass is 415 g/mol. The van der Waals surface area contributed by atoms with Gasteiger partial charge < -0.3 is 15.2 Å². The Kier molecular flexibility index (Phi) is 5.03. The van der Waals surface area contributed by atoms with E-state index in [0.29, 0.717) is 17.1 Å². The lowest BCUT2D eigenvalue weighted by atomic mass is 9.93. The van der Waals surface area contributed by atoms with E-state index in [1.54, 1.807) is 7.11 Å². The van der Waals surface area contributed by atoms with Crippen LogP contribution in [-0.4, -0.2) is 39.3 Å². The fourth-order valence-electron chi connectivity index (χ4n) is 4.21. The third-order valence-electron chi connectivity index (χ3n) is 6.03. The third kappa shape index (κ3) is 3.72. The van der Waals surface area contributed by atoms with Crippen molar-refractivity contribution in [1.29, 1.82) is 0 Å². The Balaban J connectivity index is 1.42. The highest BCUT2D eigenvalue weighted by molar-refractivity contribution is 6.01. The summed E-state index contributed by atoms with van der Waals surface area (Å²) < 4.78 is 5.46. The van der Waals surface area contributed by atoms with E-state index in [0.717, 1.165) is 41.4 Å². The number of rotatable bonds is 5. The first kappa shape index (κ1) is 19.5. The number of carbonyl (C=O) groups excluding carboxylic acids is 1. The number of hydrogen-bond donors (Lipinski definition) is 3. The number of carbonyl (C=O) groups is 1. The first-order valence-electron chi connectivity index (χ1n) is 10.6. The predicted molar refractivity (Wildman–Crippen MR) is 121 cm³/mol. The standard InChI is InChI=1S/C24H25N5O2/c1-14(15-6-4-3-5-7-15)25-24(30)23-26-20-12-18-19(13-21(20)27-23)28-29-22(18)16-8-10-17(31-2)11-9-16/h3-8,12-14,17,28-29H,9-11H2,1-2H3,(H,25,30)/t14-,17?/m1/s1. The van der Waals surface area contributed by atoms with Gasteiger partial charge in [-0.1, -0.05) is 36.4 Å². The zero-order valence-corrected chi connectivity index (χ0v) is 17.6. The van der Waals surface area contributed by atoms with Crippen molar-refractivity contribution in [3.05, 3.63) is 65.6 Å². The molecule has 2 aromatic carbocycles. The normalized spacial score (nSPS) is 17.6. The molecule has 2 aromatic heterocycles. The van der Waals surface area contributed by atoms with Crippen LogP contribution in [-0.2, 0) is 4.74 Å². The highest BCUT2D eigenvalue weighted by Crippen LogP contribution is 2.32. The molecule has 3 N–H and O–H groups in total. The molecule has 7 heteroatoms. The summed E-state index contributed by atoms with van der Waals surface area (Å²) in [4.78, 5) is 21.7. The minimum atomic E-state index is -0.274. The van der Waals surface area contributed by atoms with Crippen molar-refractivity contribution in [2.45, 2.75) is 38.3 Å². The number of ether oxygens (including phenoxy) is 1. The second kappa shape index (κ2) is 8.00. The van der Waals surface area contributed by atoms with Crippen molar-refractivity contribution in [2.24, 2.45) is 0 Å². The van der Waals surface area contributed by atoms with Gasteiger partial charge in [0.05, 0.1) is 34.4 Å². The third-order valence-corrected chi connectivity index (χ3v) is 6.03. The predicted octanol–water partition coefficient (Wildman–Crippen LogP) is 4.51. The number of methoxy groups -OCH3 is 1. The molecule has 2 heterocycles. The van der Waals surface area contributed by atoms with Crippen LogP contribution in [0.1, 0.15) is 54.1 Å². The smallest absolute Gasteiger partial charge is 0.289 e. The van der Waals surface area contributed by atoms with E-state index < -0.39 is 0 Å². The number of imidazole rings is 1. The highest BCUT2D eigenvalue weighted by Gasteiger charge is 2.20. The second-order valence-electron chi connectivity index (χ2n) is 8.03. The first-order chi connectivity index (χ1) is 15.1. The summed E-state index contributed by atoms with van der Waals surface area (Å²) >= 11 is 0. The number of aromatic nitrogens is 4. The van der Waals surface area contributed by atoms with Gasteiger partial charge in [0.15, 0.2) is 0 Å². The number of benzene rings is 2. The fourth-order valence-corrected chi connectivity index (χ4v) is 4.21. The number of hydrogen-bond acceptors (Lipinski definition) is 4. The summed E-state index contributed by atoms with van der Waals surface area (Å²) in [5.41, 5.74) is 5.74. The van der Waals surface area contributed by atoms with Crippen LogP contribution >= 0.6 is 0 Å². The molecule has 0 radical (unpaired) electrons. The summed E-state index contributed by atoms with van der Waals surface area (Å²) in [7, 11) is 1.76. The van der Waals surface area contributed by atoms with Crippen LogP contribution in [0.25, 0.3) is 27.5 Å². The number of aromatic amines is 2. The van der Waals surface area contributed by atoms with E-state index in [9.17, 15) is 4.79 Å². The zero-order chi connectivity index (χ0) is 21.4. The number of amides is 1. The molecule has 1 aliphatic rings. The molecule has 0 aliphatic heterocycles. The maximum Gasteiger partial charge on any atom is 0.289 e. The second-order valence-corrected chi connectivity index (χ2v) is 8.03. The van der Waals surface area contributed by atoms with Gasteiger partial charge in [-0.15, -0.1) is 0 Å². The SMILES string of the molecule is COC1CC=C(c2[nH][nH]c3cc4nc(C(=O)N[C@H](C)c5ccccc5)nc4cc23)CC1. The van der Waals surface area contributed by atoms with Gasteiger partial charge in [-0.05, 0) is 49.5 Å². The first-order valence-corrected chi connectivity index (χ1v) is 10.6. The summed E-state index contributed by atoms with van der Waals surface area (Å²) in [5.74, 6) is -0.0839. The molecular formula is C24H25N5O2. The quantitative estimate of drug-likeness (QED) is 0.447. The zero-order valence-electron chi connectivity index (χ0n) is 17.6. The summed E-state index contributed by atoms with van der Waals surface area (Å²) in [5, 5.41) is 10.6. The Labute approximate surface area is 179 Å². The molecule has 31 heavy (non-hydrogen) atoms. The van der Waals surface area contributed by atoms with Crippen LogP contribution in [0.5, 0.6) is 0 Å². The summed E-state index contributed by atoms with van der Waals surface area (Å²) in [6.45, 7) is 1.95. The molecule has 7 nitrogen and oxygen atoms in total. The van der Waals surface area contributed by atoms with Crippen molar-refractivity contribution in [1.82, 2.24) is 25.5 Å². The lowest BCUT2D eigenvalue weighted by Gasteiger charge is -2.20. The van der Waals surface area contributed by atoms with E-state index in [4.69, 9.17) is 4.74 Å². The van der Waals surface area contributed by atoms with Crippen molar-refractivity contribution >= 4 is 33.4 Å². The van der Waals surface area contributed by atoms with Crippen LogP contribution in [0.15, 0.2) is 48.5 Å². The average Bonchev–Trinajstić information content (AvgIpc) is 3.41. The molecular weight excluding hydrogens is 390 g/mol.